The maximum Gasteiger partial charge on any atom is 0.243 e. The van der Waals surface area contributed by atoms with Crippen LogP contribution in [0, 0.1) is 0 Å². The summed E-state index contributed by atoms with van der Waals surface area (Å²) in [6.07, 6.45) is 7.09. The molecule has 24 heavy (non-hydrogen) atoms. The van der Waals surface area contributed by atoms with E-state index in [-0.39, 0.29) is 18.0 Å². The van der Waals surface area contributed by atoms with Crippen LogP contribution in [0.25, 0.3) is 0 Å². The normalized spacial score (nSPS) is 16.7. The summed E-state index contributed by atoms with van der Waals surface area (Å²) in [5.74, 6) is 0.922. The molecule has 0 radical (unpaired) electrons. The third-order valence-electron chi connectivity index (χ3n) is 4.63. The number of hydrogen-bond donors (Lipinski definition) is 1. The van der Waals surface area contributed by atoms with E-state index in [1.54, 1.807) is 19.6 Å². The molecule has 3 rings (SSSR count). The van der Waals surface area contributed by atoms with Crippen LogP contribution in [-0.4, -0.2) is 41.7 Å². The molecule has 1 amide bonds. The number of ether oxygens (including phenoxy) is 1. The molecular weight excluding hydrogens is 304 g/mol. The largest absolute Gasteiger partial charge is 0.497 e. The van der Waals surface area contributed by atoms with Gasteiger partial charge in [-0.2, -0.15) is 0 Å². The van der Waals surface area contributed by atoms with Crippen molar-refractivity contribution in [1.82, 2.24) is 14.9 Å². The molecule has 1 unspecified atom stereocenters. The van der Waals surface area contributed by atoms with Gasteiger partial charge < -0.3 is 19.5 Å². The lowest BCUT2D eigenvalue weighted by Gasteiger charge is -2.34. The Kier molecular flexibility index (Phi) is 5.03. The number of hydrogen-bond acceptors (Lipinski definition) is 4. The van der Waals surface area contributed by atoms with Gasteiger partial charge in [0.2, 0.25) is 5.91 Å². The fourth-order valence-electron chi connectivity index (χ4n) is 3.03. The SMILES string of the molecule is COc1ccc(N2CCC(NC(=O)C(C)n3ccnc3)CC2)cc1. The lowest BCUT2D eigenvalue weighted by atomic mass is 10.0. The molecule has 6 nitrogen and oxygen atoms in total. The summed E-state index contributed by atoms with van der Waals surface area (Å²) < 4.78 is 7.02. The number of methoxy groups -OCH3 is 1. The Bertz CT molecular complexity index is 646. The van der Waals surface area contributed by atoms with Crippen LogP contribution in [0.1, 0.15) is 25.8 Å². The molecular formula is C18H24N4O2. The second-order valence-electron chi connectivity index (χ2n) is 6.15. The summed E-state index contributed by atoms with van der Waals surface area (Å²) in [4.78, 5) is 18.7. The van der Waals surface area contributed by atoms with Crippen molar-refractivity contribution in [3.8, 4) is 5.75 Å². The Morgan fingerprint density at radius 3 is 2.58 bits per heavy atom. The van der Waals surface area contributed by atoms with E-state index in [0.29, 0.717) is 0 Å². The van der Waals surface area contributed by atoms with Crippen LogP contribution in [-0.2, 0) is 4.79 Å². The summed E-state index contributed by atoms with van der Waals surface area (Å²) in [5, 5.41) is 3.16. The fourth-order valence-corrected chi connectivity index (χ4v) is 3.03. The Morgan fingerprint density at radius 2 is 2.00 bits per heavy atom. The Morgan fingerprint density at radius 1 is 1.29 bits per heavy atom. The Balaban J connectivity index is 1.50. The molecule has 1 atom stereocenters. The van der Waals surface area contributed by atoms with Crippen LogP contribution >= 0.6 is 0 Å². The van der Waals surface area contributed by atoms with E-state index in [4.69, 9.17) is 4.74 Å². The molecule has 0 spiro atoms. The molecule has 1 saturated heterocycles. The van der Waals surface area contributed by atoms with E-state index in [9.17, 15) is 4.79 Å². The summed E-state index contributed by atoms with van der Waals surface area (Å²) in [5.41, 5.74) is 1.20. The molecule has 128 valence electrons. The highest BCUT2D eigenvalue weighted by Gasteiger charge is 2.23. The lowest BCUT2D eigenvalue weighted by Crippen LogP contribution is -2.46. The first-order chi connectivity index (χ1) is 11.7. The second-order valence-corrected chi connectivity index (χ2v) is 6.15. The molecule has 2 aromatic rings. The topological polar surface area (TPSA) is 59.4 Å². The number of nitrogens with one attached hydrogen (secondary N) is 1. The quantitative estimate of drug-likeness (QED) is 0.914. The number of benzene rings is 1. The molecule has 0 bridgehead atoms. The minimum Gasteiger partial charge on any atom is -0.497 e. The van der Waals surface area contributed by atoms with Crippen molar-refractivity contribution in [2.75, 3.05) is 25.1 Å². The number of amides is 1. The average molecular weight is 328 g/mol. The maximum atomic E-state index is 12.3. The molecule has 1 fully saturated rings. The smallest absolute Gasteiger partial charge is 0.243 e. The van der Waals surface area contributed by atoms with Gasteiger partial charge in [0.1, 0.15) is 11.8 Å². The molecule has 0 aliphatic carbocycles. The highest BCUT2D eigenvalue weighted by molar-refractivity contribution is 5.80. The zero-order valence-corrected chi connectivity index (χ0v) is 14.2. The molecule has 1 N–H and O–H groups in total. The fraction of sp³-hybridized carbons (Fsp3) is 0.444. The van der Waals surface area contributed by atoms with E-state index < -0.39 is 0 Å². The summed E-state index contributed by atoms with van der Waals surface area (Å²) >= 11 is 0. The second kappa shape index (κ2) is 7.38. The van der Waals surface area contributed by atoms with Gasteiger partial charge in [-0.3, -0.25) is 4.79 Å². The maximum absolute atomic E-state index is 12.3. The van der Waals surface area contributed by atoms with Gasteiger partial charge in [0, 0.05) is 37.2 Å². The van der Waals surface area contributed by atoms with Gasteiger partial charge in [-0.1, -0.05) is 0 Å². The predicted octanol–water partition coefficient (Wildman–Crippen LogP) is 2.24. The molecule has 6 heteroatoms. The van der Waals surface area contributed by atoms with E-state index in [1.807, 2.05) is 29.8 Å². The first-order valence-corrected chi connectivity index (χ1v) is 8.34. The van der Waals surface area contributed by atoms with Crippen LogP contribution < -0.4 is 15.0 Å². The minimum atomic E-state index is -0.230. The number of rotatable bonds is 5. The molecule has 1 aliphatic rings. The standard InChI is InChI=1S/C18H24N4O2/c1-14(22-12-9-19-13-22)18(23)20-15-7-10-21(11-8-15)16-3-5-17(24-2)6-4-16/h3-6,9,12-15H,7-8,10-11H2,1-2H3,(H,20,23). The first kappa shape index (κ1) is 16.4. The summed E-state index contributed by atoms with van der Waals surface area (Å²) in [7, 11) is 1.67. The Labute approximate surface area is 142 Å². The number of aromatic nitrogens is 2. The molecule has 1 aromatic carbocycles. The van der Waals surface area contributed by atoms with Crippen molar-refractivity contribution in [2.45, 2.75) is 31.8 Å². The van der Waals surface area contributed by atoms with Crippen LogP contribution in [0.15, 0.2) is 43.0 Å². The average Bonchev–Trinajstić information content (AvgIpc) is 3.16. The third-order valence-corrected chi connectivity index (χ3v) is 4.63. The number of nitrogens with zero attached hydrogens (tertiary/aromatic N) is 3. The number of carbonyl (C=O) groups excluding carboxylic acids is 1. The zero-order chi connectivity index (χ0) is 16.9. The number of carbonyl (C=O) groups is 1. The van der Waals surface area contributed by atoms with Gasteiger partial charge in [-0.15, -0.1) is 0 Å². The lowest BCUT2D eigenvalue weighted by molar-refractivity contribution is -0.124. The van der Waals surface area contributed by atoms with Crippen molar-refractivity contribution in [1.29, 1.82) is 0 Å². The zero-order valence-electron chi connectivity index (χ0n) is 14.2. The number of anilines is 1. The highest BCUT2D eigenvalue weighted by Crippen LogP contribution is 2.23. The van der Waals surface area contributed by atoms with E-state index in [2.05, 4.69) is 27.3 Å². The number of piperidine rings is 1. The van der Waals surface area contributed by atoms with Crippen molar-refractivity contribution >= 4 is 11.6 Å². The molecule has 1 aliphatic heterocycles. The molecule has 1 aromatic heterocycles. The van der Waals surface area contributed by atoms with Gasteiger partial charge in [-0.05, 0) is 44.0 Å². The van der Waals surface area contributed by atoms with E-state index in [1.165, 1.54) is 5.69 Å². The Hall–Kier alpha value is -2.50. The van der Waals surface area contributed by atoms with Crippen LogP contribution in [0.3, 0.4) is 0 Å². The molecule has 0 saturated carbocycles. The molecule has 2 heterocycles. The van der Waals surface area contributed by atoms with Gasteiger partial charge in [0.25, 0.3) is 0 Å². The summed E-state index contributed by atoms with van der Waals surface area (Å²) in [6, 6.07) is 8.13. The van der Waals surface area contributed by atoms with E-state index in [0.717, 1.165) is 31.7 Å². The van der Waals surface area contributed by atoms with Crippen LogP contribution in [0.4, 0.5) is 5.69 Å². The minimum absolute atomic E-state index is 0.0518. The number of imidazole rings is 1. The monoisotopic (exact) mass is 328 g/mol. The summed E-state index contributed by atoms with van der Waals surface area (Å²) in [6.45, 7) is 3.77. The predicted molar refractivity (Wildman–Crippen MR) is 93.3 cm³/mol. The van der Waals surface area contributed by atoms with E-state index >= 15 is 0 Å². The van der Waals surface area contributed by atoms with Gasteiger partial charge >= 0.3 is 0 Å². The third kappa shape index (κ3) is 3.69. The van der Waals surface area contributed by atoms with Crippen molar-refractivity contribution < 1.29 is 9.53 Å². The van der Waals surface area contributed by atoms with Crippen LogP contribution in [0.5, 0.6) is 5.75 Å². The van der Waals surface area contributed by atoms with Gasteiger partial charge in [0.05, 0.1) is 13.4 Å². The highest BCUT2D eigenvalue weighted by atomic mass is 16.5. The van der Waals surface area contributed by atoms with Crippen molar-refractivity contribution in [3.05, 3.63) is 43.0 Å². The van der Waals surface area contributed by atoms with Crippen LogP contribution in [0.2, 0.25) is 0 Å². The van der Waals surface area contributed by atoms with Crippen molar-refractivity contribution in [2.24, 2.45) is 0 Å². The van der Waals surface area contributed by atoms with Gasteiger partial charge in [0.15, 0.2) is 0 Å². The van der Waals surface area contributed by atoms with Crippen molar-refractivity contribution in [3.63, 3.8) is 0 Å². The first-order valence-electron chi connectivity index (χ1n) is 8.34. The van der Waals surface area contributed by atoms with Gasteiger partial charge in [-0.25, -0.2) is 4.98 Å².